The van der Waals surface area contributed by atoms with Crippen LogP contribution >= 0.6 is 11.6 Å². The zero-order chi connectivity index (χ0) is 18.6. The Kier molecular flexibility index (Phi) is 4.77. The van der Waals surface area contributed by atoms with Gasteiger partial charge in [0.05, 0.1) is 17.4 Å². The van der Waals surface area contributed by atoms with Gasteiger partial charge in [0, 0.05) is 21.5 Å². The molecule has 27 heavy (non-hydrogen) atoms. The third-order valence-corrected chi connectivity index (χ3v) is 4.21. The monoisotopic (exact) mass is 376 g/mol. The fraction of sp³-hybridized carbons (Fsp3) is 0. The first-order chi connectivity index (χ1) is 13.2. The van der Waals surface area contributed by atoms with Gasteiger partial charge in [-0.1, -0.05) is 60.1 Å². The van der Waals surface area contributed by atoms with Crippen LogP contribution in [0, 0.1) is 5.82 Å². The van der Waals surface area contributed by atoms with Crippen LogP contribution in [-0.2, 0) is 0 Å². The molecule has 1 aromatic heterocycles. The third-order valence-electron chi connectivity index (χ3n) is 3.98. The van der Waals surface area contributed by atoms with Crippen LogP contribution in [0.4, 0.5) is 10.3 Å². The molecule has 6 heteroatoms. The SMILES string of the molecule is Fc1ccccc1/C=N/Nc1nc(-c2ccccc2)c2cc(Cl)ccc2n1. The van der Waals surface area contributed by atoms with Gasteiger partial charge in [-0.15, -0.1) is 0 Å². The van der Waals surface area contributed by atoms with Gasteiger partial charge >= 0.3 is 0 Å². The van der Waals surface area contributed by atoms with Crippen molar-refractivity contribution in [2.24, 2.45) is 5.10 Å². The highest BCUT2D eigenvalue weighted by atomic mass is 35.5. The molecule has 1 N–H and O–H groups in total. The van der Waals surface area contributed by atoms with E-state index in [1.165, 1.54) is 12.3 Å². The minimum absolute atomic E-state index is 0.316. The van der Waals surface area contributed by atoms with E-state index in [9.17, 15) is 4.39 Å². The Morgan fingerprint density at radius 2 is 1.70 bits per heavy atom. The summed E-state index contributed by atoms with van der Waals surface area (Å²) in [5.74, 6) is -0.0293. The first-order valence-electron chi connectivity index (χ1n) is 8.27. The molecule has 0 aliphatic rings. The van der Waals surface area contributed by atoms with E-state index in [1.54, 1.807) is 24.3 Å². The standard InChI is InChI=1S/C21H14ClFN4/c22-16-10-11-19-17(12-16)20(14-6-2-1-3-7-14)26-21(25-19)27-24-13-15-8-4-5-9-18(15)23/h1-13H,(H,25,26,27)/b24-13+. The van der Waals surface area contributed by atoms with Gasteiger partial charge in [-0.3, -0.25) is 0 Å². The van der Waals surface area contributed by atoms with Gasteiger partial charge in [0.1, 0.15) is 5.82 Å². The number of hydrogen-bond donors (Lipinski definition) is 1. The van der Waals surface area contributed by atoms with Crippen LogP contribution in [0.1, 0.15) is 5.56 Å². The number of halogens is 2. The van der Waals surface area contributed by atoms with E-state index in [4.69, 9.17) is 11.6 Å². The molecule has 0 aliphatic heterocycles. The van der Waals surface area contributed by atoms with E-state index >= 15 is 0 Å². The second-order valence-electron chi connectivity index (χ2n) is 5.81. The predicted molar refractivity (Wildman–Crippen MR) is 108 cm³/mol. The van der Waals surface area contributed by atoms with Crippen LogP contribution in [0.15, 0.2) is 77.9 Å². The number of anilines is 1. The number of rotatable bonds is 4. The summed E-state index contributed by atoms with van der Waals surface area (Å²) in [6.45, 7) is 0. The van der Waals surface area contributed by atoms with Crippen molar-refractivity contribution < 1.29 is 4.39 Å². The number of hydrogen-bond acceptors (Lipinski definition) is 4. The molecular weight excluding hydrogens is 363 g/mol. The first-order valence-corrected chi connectivity index (χ1v) is 8.65. The van der Waals surface area contributed by atoms with Crippen LogP contribution in [-0.4, -0.2) is 16.2 Å². The lowest BCUT2D eigenvalue weighted by atomic mass is 10.1. The van der Waals surface area contributed by atoms with Gasteiger partial charge in [0.2, 0.25) is 5.95 Å². The lowest BCUT2D eigenvalue weighted by Gasteiger charge is -2.09. The van der Waals surface area contributed by atoms with E-state index < -0.39 is 0 Å². The minimum atomic E-state index is -0.345. The Morgan fingerprint density at radius 3 is 2.52 bits per heavy atom. The summed E-state index contributed by atoms with van der Waals surface area (Å²) in [4.78, 5) is 9.05. The van der Waals surface area contributed by atoms with Gasteiger partial charge in [0.15, 0.2) is 0 Å². The molecule has 4 aromatic rings. The molecule has 3 aromatic carbocycles. The largest absolute Gasteiger partial charge is 0.245 e. The number of hydrazone groups is 1. The molecule has 0 saturated carbocycles. The zero-order valence-corrected chi connectivity index (χ0v) is 14.9. The molecule has 0 bridgehead atoms. The average molecular weight is 377 g/mol. The smallest absolute Gasteiger partial charge is 0.244 e. The minimum Gasteiger partial charge on any atom is -0.245 e. The summed E-state index contributed by atoms with van der Waals surface area (Å²) < 4.78 is 13.7. The lowest BCUT2D eigenvalue weighted by molar-refractivity contribution is 0.626. The van der Waals surface area contributed by atoms with Crippen molar-refractivity contribution >= 4 is 34.7 Å². The Balaban J connectivity index is 1.74. The second kappa shape index (κ2) is 7.51. The van der Waals surface area contributed by atoms with E-state index in [0.717, 1.165) is 22.2 Å². The summed E-state index contributed by atoms with van der Waals surface area (Å²) in [5, 5.41) is 5.52. The number of fused-ring (bicyclic) bond motifs is 1. The van der Waals surface area contributed by atoms with Gasteiger partial charge in [-0.25, -0.2) is 19.8 Å². The van der Waals surface area contributed by atoms with Gasteiger partial charge < -0.3 is 0 Å². The summed E-state index contributed by atoms with van der Waals surface area (Å²) in [7, 11) is 0. The summed E-state index contributed by atoms with van der Waals surface area (Å²) >= 11 is 6.15. The third kappa shape index (κ3) is 3.78. The molecule has 0 saturated heterocycles. The Labute approximate surface area is 160 Å². The van der Waals surface area contributed by atoms with Crippen LogP contribution in [0.3, 0.4) is 0 Å². The van der Waals surface area contributed by atoms with Crippen molar-refractivity contribution in [1.29, 1.82) is 0 Å². The van der Waals surface area contributed by atoms with Crippen molar-refractivity contribution in [2.45, 2.75) is 0 Å². The normalized spacial score (nSPS) is 11.2. The van der Waals surface area contributed by atoms with Crippen molar-refractivity contribution in [3.63, 3.8) is 0 Å². The zero-order valence-electron chi connectivity index (χ0n) is 14.1. The maximum Gasteiger partial charge on any atom is 0.244 e. The molecule has 0 amide bonds. The van der Waals surface area contributed by atoms with Crippen molar-refractivity contribution in [3.8, 4) is 11.3 Å². The highest BCUT2D eigenvalue weighted by Crippen LogP contribution is 2.29. The molecular formula is C21H14ClFN4. The molecule has 4 nitrogen and oxygen atoms in total. The van der Waals surface area contributed by atoms with Crippen LogP contribution in [0.5, 0.6) is 0 Å². The highest BCUT2D eigenvalue weighted by Gasteiger charge is 2.10. The van der Waals surface area contributed by atoms with Crippen molar-refractivity contribution in [1.82, 2.24) is 9.97 Å². The topological polar surface area (TPSA) is 50.2 Å². The Hall–Kier alpha value is -3.31. The van der Waals surface area contributed by atoms with E-state index in [-0.39, 0.29) is 5.82 Å². The second-order valence-corrected chi connectivity index (χ2v) is 6.25. The molecule has 0 fully saturated rings. The van der Waals surface area contributed by atoms with Crippen molar-refractivity contribution in [3.05, 3.63) is 89.2 Å². The average Bonchev–Trinajstić information content (AvgIpc) is 2.70. The number of nitrogens with zero attached hydrogens (tertiary/aromatic N) is 3. The fourth-order valence-electron chi connectivity index (χ4n) is 2.71. The number of nitrogens with one attached hydrogen (secondary N) is 1. The highest BCUT2D eigenvalue weighted by molar-refractivity contribution is 6.31. The van der Waals surface area contributed by atoms with Crippen LogP contribution in [0.2, 0.25) is 5.02 Å². The summed E-state index contributed by atoms with van der Waals surface area (Å²) in [5.41, 5.74) is 5.57. The van der Waals surface area contributed by atoms with Crippen molar-refractivity contribution in [2.75, 3.05) is 5.43 Å². The lowest BCUT2D eigenvalue weighted by Crippen LogP contribution is -2.00. The Morgan fingerprint density at radius 1 is 0.926 bits per heavy atom. The molecule has 4 rings (SSSR count). The van der Waals surface area contributed by atoms with Crippen LogP contribution < -0.4 is 5.43 Å². The van der Waals surface area contributed by atoms with Gasteiger partial charge in [0.25, 0.3) is 0 Å². The van der Waals surface area contributed by atoms with E-state index in [1.807, 2.05) is 42.5 Å². The fourth-order valence-corrected chi connectivity index (χ4v) is 2.88. The first kappa shape index (κ1) is 17.1. The summed E-state index contributed by atoms with van der Waals surface area (Å²) in [6.07, 6.45) is 1.40. The number of aromatic nitrogens is 2. The van der Waals surface area contributed by atoms with Crippen LogP contribution in [0.25, 0.3) is 22.2 Å². The predicted octanol–water partition coefficient (Wildman–Crippen LogP) is 5.54. The molecule has 0 radical (unpaired) electrons. The molecule has 0 spiro atoms. The maximum atomic E-state index is 13.7. The van der Waals surface area contributed by atoms with E-state index in [0.29, 0.717) is 16.5 Å². The number of benzene rings is 3. The van der Waals surface area contributed by atoms with Gasteiger partial charge in [-0.05, 0) is 24.3 Å². The maximum absolute atomic E-state index is 13.7. The molecule has 0 aliphatic carbocycles. The summed E-state index contributed by atoms with van der Waals surface area (Å²) in [6, 6.07) is 21.6. The molecule has 132 valence electrons. The Bertz CT molecular complexity index is 1130. The quantitative estimate of drug-likeness (QED) is 0.376. The molecule has 1 heterocycles. The van der Waals surface area contributed by atoms with Gasteiger partial charge in [-0.2, -0.15) is 5.10 Å². The van der Waals surface area contributed by atoms with E-state index in [2.05, 4.69) is 20.5 Å². The molecule has 0 atom stereocenters. The molecule has 0 unspecified atom stereocenters.